The van der Waals surface area contributed by atoms with Gasteiger partial charge in [0.25, 0.3) is 0 Å². The molecule has 0 bridgehead atoms. The van der Waals surface area contributed by atoms with Crippen LogP contribution < -0.4 is 5.32 Å². The van der Waals surface area contributed by atoms with Gasteiger partial charge in [-0.05, 0) is 43.7 Å². The smallest absolute Gasteiger partial charge is 0.0462 e. The lowest BCUT2D eigenvalue weighted by molar-refractivity contribution is 0.192. The molecule has 0 radical (unpaired) electrons. The van der Waals surface area contributed by atoms with Crippen LogP contribution >= 0.6 is 11.3 Å². The third-order valence-corrected chi connectivity index (χ3v) is 3.70. The molecule has 0 amide bonds. The summed E-state index contributed by atoms with van der Waals surface area (Å²) in [6, 6.07) is 4.89. The van der Waals surface area contributed by atoms with Crippen molar-refractivity contribution in [3.8, 4) is 0 Å². The zero-order valence-electron chi connectivity index (χ0n) is 10.4. The van der Waals surface area contributed by atoms with Gasteiger partial charge in [-0.2, -0.15) is 0 Å². The maximum atomic E-state index is 5.03. The quantitative estimate of drug-likeness (QED) is 0.667. The molecule has 1 aromatic rings. The molecule has 92 valence electrons. The maximum Gasteiger partial charge on any atom is 0.0462 e. The lowest BCUT2D eigenvalue weighted by Crippen LogP contribution is -2.21. The van der Waals surface area contributed by atoms with Crippen LogP contribution in [0.15, 0.2) is 17.5 Å². The molecule has 1 unspecified atom stereocenters. The summed E-state index contributed by atoms with van der Waals surface area (Å²) >= 11 is 1.85. The molecular formula is C13H23NOS. The molecule has 0 saturated heterocycles. The second kappa shape index (κ2) is 8.74. The molecule has 0 aromatic carbocycles. The Kier molecular flexibility index (Phi) is 7.47. The van der Waals surface area contributed by atoms with Gasteiger partial charge in [-0.3, -0.25) is 0 Å². The van der Waals surface area contributed by atoms with Crippen LogP contribution in [0.3, 0.4) is 0 Å². The van der Waals surface area contributed by atoms with Crippen LogP contribution in [-0.4, -0.2) is 20.3 Å². The van der Waals surface area contributed by atoms with E-state index in [0.29, 0.717) is 6.04 Å². The van der Waals surface area contributed by atoms with E-state index in [4.69, 9.17) is 4.74 Å². The summed E-state index contributed by atoms with van der Waals surface area (Å²) in [5.41, 5.74) is 0. The first-order chi connectivity index (χ1) is 7.88. The van der Waals surface area contributed by atoms with Gasteiger partial charge in [-0.15, -0.1) is 11.3 Å². The number of ether oxygens (including phenoxy) is 1. The van der Waals surface area contributed by atoms with Gasteiger partial charge in [0.2, 0.25) is 0 Å². The predicted octanol–water partition coefficient (Wildman–Crippen LogP) is 3.61. The van der Waals surface area contributed by atoms with Crippen molar-refractivity contribution in [1.29, 1.82) is 0 Å². The van der Waals surface area contributed by atoms with Crippen LogP contribution in [0.2, 0.25) is 0 Å². The van der Waals surface area contributed by atoms with Crippen LogP contribution in [0.4, 0.5) is 0 Å². The molecule has 2 nitrogen and oxygen atoms in total. The Morgan fingerprint density at radius 2 is 2.25 bits per heavy atom. The summed E-state index contributed by atoms with van der Waals surface area (Å²) in [6.07, 6.45) is 4.83. The fourth-order valence-electron chi connectivity index (χ4n) is 1.76. The summed E-state index contributed by atoms with van der Waals surface area (Å²) in [6.45, 7) is 4.24. The SMILES string of the molecule is CCC(NCCCCCOC)c1cccs1. The number of hydrogen-bond acceptors (Lipinski definition) is 3. The molecule has 1 atom stereocenters. The van der Waals surface area contributed by atoms with Crippen LogP contribution in [0.5, 0.6) is 0 Å². The minimum atomic E-state index is 0.544. The Morgan fingerprint density at radius 1 is 1.38 bits per heavy atom. The van der Waals surface area contributed by atoms with E-state index in [9.17, 15) is 0 Å². The number of thiophene rings is 1. The summed E-state index contributed by atoms with van der Waals surface area (Å²) in [7, 11) is 1.77. The van der Waals surface area contributed by atoms with Crippen molar-refractivity contribution in [1.82, 2.24) is 5.32 Å². The first-order valence-corrected chi connectivity index (χ1v) is 7.02. The standard InChI is InChI=1S/C13H23NOS/c1-3-12(13-8-7-11-16-13)14-9-5-4-6-10-15-2/h7-8,11-12,14H,3-6,9-10H2,1-2H3. The van der Waals surface area contributed by atoms with Gasteiger partial charge in [0.05, 0.1) is 0 Å². The second-order valence-corrected chi connectivity index (χ2v) is 4.96. The largest absolute Gasteiger partial charge is 0.385 e. The Morgan fingerprint density at radius 3 is 2.88 bits per heavy atom. The average Bonchev–Trinajstić information content (AvgIpc) is 2.82. The molecule has 0 spiro atoms. The molecule has 0 saturated carbocycles. The molecule has 0 aliphatic heterocycles. The number of nitrogens with one attached hydrogen (secondary N) is 1. The number of rotatable bonds is 9. The van der Waals surface area contributed by atoms with Crippen LogP contribution in [0.25, 0.3) is 0 Å². The molecule has 1 N–H and O–H groups in total. The van der Waals surface area contributed by atoms with Crippen molar-refractivity contribution in [3.05, 3.63) is 22.4 Å². The molecule has 1 heterocycles. The van der Waals surface area contributed by atoms with Crippen molar-refractivity contribution in [2.24, 2.45) is 0 Å². The molecule has 16 heavy (non-hydrogen) atoms. The van der Waals surface area contributed by atoms with Gasteiger partial charge >= 0.3 is 0 Å². The van der Waals surface area contributed by atoms with Gasteiger partial charge in [0, 0.05) is 24.6 Å². The normalized spacial score (nSPS) is 12.9. The van der Waals surface area contributed by atoms with Gasteiger partial charge in [0.15, 0.2) is 0 Å². The van der Waals surface area contributed by atoms with Gasteiger partial charge in [0.1, 0.15) is 0 Å². The van der Waals surface area contributed by atoms with Crippen molar-refractivity contribution >= 4 is 11.3 Å². The number of hydrogen-bond donors (Lipinski definition) is 1. The molecule has 1 rings (SSSR count). The third-order valence-electron chi connectivity index (χ3n) is 2.71. The van der Waals surface area contributed by atoms with Gasteiger partial charge < -0.3 is 10.1 Å². The molecule has 0 aliphatic carbocycles. The molecule has 0 aliphatic rings. The van der Waals surface area contributed by atoms with E-state index in [2.05, 4.69) is 29.8 Å². The van der Waals surface area contributed by atoms with Gasteiger partial charge in [-0.25, -0.2) is 0 Å². The van der Waals surface area contributed by atoms with Crippen molar-refractivity contribution < 1.29 is 4.74 Å². The van der Waals surface area contributed by atoms with E-state index < -0.39 is 0 Å². The number of unbranched alkanes of at least 4 members (excludes halogenated alkanes) is 2. The number of methoxy groups -OCH3 is 1. The highest BCUT2D eigenvalue weighted by Gasteiger charge is 2.08. The van der Waals surface area contributed by atoms with Crippen LogP contribution in [-0.2, 0) is 4.74 Å². The topological polar surface area (TPSA) is 21.3 Å². The fraction of sp³-hybridized carbons (Fsp3) is 0.692. The van der Waals surface area contributed by atoms with Crippen molar-refractivity contribution in [2.45, 2.75) is 38.6 Å². The minimum absolute atomic E-state index is 0.544. The summed E-state index contributed by atoms with van der Waals surface area (Å²) in [5.74, 6) is 0. The lowest BCUT2D eigenvalue weighted by atomic mass is 10.1. The van der Waals surface area contributed by atoms with E-state index in [-0.39, 0.29) is 0 Å². The molecule has 3 heteroatoms. The van der Waals surface area contributed by atoms with Crippen molar-refractivity contribution in [2.75, 3.05) is 20.3 Å². The van der Waals surface area contributed by atoms with E-state index in [1.165, 1.54) is 30.6 Å². The fourth-order valence-corrected chi connectivity index (χ4v) is 2.65. The third kappa shape index (κ3) is 5.10. The molecule has 0 fully saturated rings. The summed E-state index contributed by atoms with van der Waals surface area (Å²) in [5, 5.41) is 5.77. The maximum absolute atomic E-state index is 5.03. The van der Waals surface area contributed by atoms with Crippen LogP contribution in [0.1, 0.15) is 43.5 Å². The Balaban J connectivity index is 2.11. The minimum Gasteiger partial charge on any atom is -0.385 e. The highest BCUT2D eigenvalue weighted by Crippen LogP contribution is 2.21. The van der Waals surface area contributed by atoms with Gasteiger partial charge in [-0.1, -0.05) is 13.0 Å². The zero-order valence-corrected chi connectivity index (χ0v) is 11.2. The zero-order chi connectivity index (χ0) is 11.6. The summed E-state index contributed by atoms with van der Waals surface area (Å²) in [4.78, 5) is 1.46. The lowest BCUT2D eigenvalue weighted by Gasteiger charge is -2.15. The highest BCUT2D eigenvalue weighted by molar-refractivity contribution is 7.10. The monoisotopic (exact) mass is 241 g/mol. The average molecular weight is 241 g/mol. The Hall–Kier alpha value is -0.380. The second-order valence-electron chi connectivity index (χ2n) is 3.98. The van der Waals surface area contributed by atoms with E-state index in [0.717, 1.165) is 13.2 Å². The van der Waals surface area contributed by atoms with E-state index in [1.54, 1.807) is 7.11 Å². The highest BCUT2D eigenvalue weighted by atomic mass is 32.1. The first kappa shape index (κ1) is 13.7. The Labute approximate surface area is 103 Å². The molecule has 1 aromatic heterocycles. The Bertz CT molecular complexity index is 248. The summed E-state index contributed by atoms with van der Waals surface area (Å²) < 4.78 is 5.03. The van der Waals surface area contributed by atoms with Crippen LogP contribution in [0, 0.1) is 0 Å². The van der Waals surface area contributed by atoms with E-state index >= 15 is 0 Å². The van der Waals surface area contributed by atoms with E-state index in [1.807, 2.05) is 11.3 Å². The predicted molar refractivity (Wildman–Crippen MR) is 71.1 cm³/mol. The first-order valence-electron chi connectivity index (χ1n) is 6.14. The van der Waals surface area contributed by atoms with Crippen molar-refractivity contribution in [3.63, 3.8) is 0 Å². The molecular weight excluding hydrogens is 218 g/mol.